The van der Waals surface area contributed by atoms with Crippen molar-refractivity contribution in [2.45, 2.75) is 18.9 Å². The van der Waals surface area contributed by atoms with Gasteiger partial charge >= 0.3 is 0 Å². The van der Waals surface area contributed by atoms with E-state index in [0.29, 0.717) is 40.2 Å². The average Bonchev–Trinajstić information content (AvgIpc) is 3.48. The fourth-order valence-corrected chi connectivity index (χ4v) is 5.23. The number of rotatable bonds is 7. The van der Waals surface area contributed by atoms with Gasteiger partial charge in [-0.15, -0.1) is 0 Å². The van der Waals surface area contributed by atoms with Crippen molar-refractivity contribution in [1.82, 2.24) is 19.9 Å². The first kappa shape index (κ1) is 24.1. The van der Waals surface area contributed by atoms with E-state index in [4.69, 9.17) is 11.1 Å². The molecule has 0 radical (unpaired) electrons. The summed E-state index contributed by atoms with van der Waals surface area (Å²) in [6.45, 7) is 5.07. The van der Waals surface area contributed by atoms with Crippen molar-refractivity contribution in [3.8, 4) is 0 Å². The molecule has 2 fully saturated rings. The van der Waals surface area contributed by atoms with Crippen molar-refractivity contribution in [3.63, 3.8) is 0 Å². The lowest BCUT2D eigenvalue weighted by molar-refractivity contribution is -0.125. The molecule has 1 aliphatic heterocycles. The maximum atomic E-state index is 12.4. The number of carbonyl (C=O) groups excluding carboxylic acids is 2. The van der Waals surface area contributed by atoms with Gasteiger partial charge in [-0.3, -0.25) is 20.0 Å². The second-order valence-electron chi connectivity index (χ2n) is 9.38. The number of anilines is 3. The smallest absolute Gasteiger partial charge is 0.274 e. The molecular weight excluding hydrogens is 468 g/mol. The molecule has 0 spiro atoms. The highest BCUT2D eigenvalue weighted by atomic mass is 16.2. The molecule has 37 heavy (non-hydrogen) atoms. The van der Waals surface area contributed by atoms with Crippen LogP contribution in [0.3, 0.4) is 0 Å². The second kappa shape index (κ2) is 10.2. The van der Waals surface area contributed by atoms with E-state index in [0.717, 1.165) is 25.9 Å². The van der Waals surface area contributed by atoms with Crippen LogP contribution < -0.4 is 16.4 Å². The summed E-state index contributed by atoms with van der Waals surface area (Å²) in [5.74, 6) is 1.27. The first-order valence-corrected chi connectivity index (χ1v) is 12.1. The van der Waals surface area contributed by atoms with Gasteiger partial charge in [-0.05, 0) is 55.0 Å². The number of nitrogens with two attached hydrogens (primary N) is 1. The summed E-state index contributed by atoms with van der Waals surface area (Å²) < 4.78 is 0. The van der Waals surface area contributed by atoms with E-state index in [9.17, 15) is 9.59 Å². The molecule has 5 N–H and O–H groups in total. The normalized spacial score (nSPS) is 20.2. The zero-order valence-electron chi connectivity index (χ0n) is 20.2. The van der Waals surface area contributed by atoms with Gasteiger partial charge in [0.1, 0.15) is 23.7 Å². The Labute approximate surface area is 214 Å². The van der Waals surface area contributed by atoms with Gasteiger partial charge in [-0.2, -0.15) is 0 Å². The molecule has 2 aliphatic rings. The van der Waals surface area contributed by atoms with Crippen LogP contribution in [0, 0.1) is 17.2 Å². The lowest BCUT2D eigenvalue weighted by Crippen LogP contribution is -2.30. The minimum absolute atomic E-state index is 0.0134. The molecule has 1 saturated heterocycles. The minimum atomic E-state index is -0.311. The number of carbonyl (C=O) groups is 2. The molecule has 2 unspecified atom stereocenters. The van der Waals surface area contributed by atoms with Gasteiger partial charge in [0.15, 0.2) is 0 Å². The Morgan fingerprint density at radius 1 is 1.05 bits per heavy atom. The quantitative estimate of drug-likeness (QED) is 0.290. The summed E-state index contributed by atoms with van der Waals surface area (Å²) >= 11 is 0. The van der Waals surface area contributed by atoms with E-state index in [1.807, 2.05) is 4.90 Å². The van der Waals surface area contributed by atoms with E-state index in [1.165, 1.54) is 12.4 Å². The van der Waals surface area contributed by atoms with Crippen LogP contribution in [-0.4, -0.2) is 56.5 Å². The molecule has 1 aliphatic carbocycles. The standard InChI is InChI=1S/C27H28N8O2/c1-2-22(36)35-13-17-11-20(12-18(17)14-35)33-26-23(25(29)31-15-32-26)24(28)16-6-8-19(9-7-16)34-27(37)21-5-3-4-10-30-21/h2-10,15,17-18,20,28H,1,11-14H2,(H,34,37)(H3,29,31,32,33). The lowest BCUT2D eigenvalue weighted by Gasteiger charge is -2.20. The summed E-state index contributed by atoms with van der Waals surface area (Å²) in [6.07, 6.45) is 6.15. The summed E-state index contributed by atoms with van der Waals surface area (Å²) in [7, 11) is 0. The zero-order chi connectivity index (χ0) is 25.9. The van der Waals surface area contributed by atoms with Crippen LogP contribution in [0.25, 0.3) is 0 Å². The molecule has 188 valence electrons. The van der Waals surface area contributed by atoms with Crippen LogP contribution in [0.1, 0.15) is 34.5 Å². The van der Waals surface area contributed by atoms with E-state index in [1.54, 1.807) is 48.7 Å². The van der Waals surface area contributed by atoms with Gasteiger partial charge in [0.25, 0.3) is 5.91 Å². The third-order valence-electron chi connectivity index (χ3n) is 7.03. The van der Waals surface area contributed by atoms with Crippen LogP contribution in [0.15, 0.2) is 67.6 Å². The topological polar surface area (TPSA) is 150 Å². The highest BCUT2D eigenvalue weighted by Crippen LogP contribution is 2.39. The van der Waals surface area contributed by atoms with Crippen LogP contribution >= 0.6 is 0 Å². The number of hydrogen-bond donors (Lipinski definition) is 4. The second-order valence-corrected chi connectivity index (χ2v) is 9.38. The molecule has 10 heteroatoms. The van der Waals surface area contributed by atoms with Crippen LogP contribution in [0.5, 0.6) is 0 Å². The van der Waals surface area contributed by atoms with Crippen molar-refractivity contribution in [2.24, 2.45) is 11.8 Å². The Kier molecular flexibility index (Phi) is 6.63. The van der Waals surface area contributed by atoms with Gasteiger partial charge < -0.3 is 21.3 Å². The summed E-state index contributed by atoms with van der Waals surface area (Å²) in [5, 5.41) is 15.1. The van der Waals surface area contributed by atoms with Gasteiger partial charge in [-0.25, -0.2) is 9.97 Å². The average molecular weight is 497 g/mol. The first-order chi connectivity index (χ1) is 17.9. The van der Waals surface area contributed by atoms with Gasteiger partial charge in [0, 0.05) is 36.6 Å². The van der Waals surface area contributed by atoms with Crippen molar-refractivity contribution in [2.75, 3.05) is 29.5 Å². The van der Waals surface area contributed by atoms with Crippen molar-refractivity contribution < 1.29 is 9.59 Å². The van der Waals surface area contributed by atoms with E-state index < -0.39 is 0 Å². The Balaban J connectivity index is 1.27. The molecule has 3 heterocycles. The van der Waals surface area contributed by atoms with Crippen LogP contribution in [0.2, 0.25) is 0 Å². The minimum Gasteiger partial charge on any atom is -0.383 e. The molecule has 2 amide bonds. The SMILES string of the molecule is C=CC(=O)N1CC2CC(Nc3ncnc(N)c3C(=N)c3ccc(NC(=O)c4ccccn4)cc3)CC2C1. The summed E-state index contributed by atoms with van der Waals surface area (Å²) in [5.41, 5.74) is 8.35. The number of benzene rings is 1. The summed E-state index contributed by atoms with van der Waals surface area (Å²) in [4.78, 5) is 38.8. The number of nitrogen functional groups attached to an aromatic ring is 1. The van der Waals surface area contributed by atoms with Crippen LogP contribution in [0.4, 0.5) is 17.3 Å². The molecule has 1 aromatic carbocycles. The first-order valence-electron chi connectivity index (χ1n) is 12.1. The Hall–Kier alpha value is -4.60. The molecule has 2 atom stereocenters. The van der Waals surface area contributed by atoms with E-state index in [2.05, 4.69) is 32.2 Å². The molecule has 5 rings (SSSR count). The highest BCUT2D eigenvalue weighted by Gasteiger charge is 2.42. The Bertz CT molecular complexity index is 1330. The fraction of sp³-hybridized carbons (Fsp3) is 0.259. The van der Waals surface area contributed by atoms with Crippen molar-refractivity contribution >= 4 is 34.8 Å². The number of likely N-dealkylation sites (tertiary alicyclic amines) is 1. The third kappa shape index (κ3) is 5.04. The Morgan fingerprint density at radius 2 is 1.78 bits per heavy atom. The predicted molar refractivity (Wildman–Crippen MR) is 141 cm³/mol. The number of nitrogens with one attached hydrogen (secondary N) is 3. The predicted octanol–water partition coefficient (Wildman–Crippen LogP) is 2.96. The molecule has 2 aromatic heterocycles. The Morgan fingerprint density at radius 3 is 2.43 bits per heavy atom. The summed E-state index contributed by atoms with van der Waals surface area (Å²) in [6, 6.07) is 12.3. The number of nitrogens with zero attached hydrogens (tertiary/aromatic N) is 4. The number of pyridine rings is 1. The number of fused-ring (bicyclic) bond motifs is 1. The molecular formula is C27H28N8O2. The molecule has 1 saturated carbocycles. The van der Waals surface area contributed by atoms with Gasteiger partial charge in [0.2, 0.25) is 5.91 Å². The monoisotopic (exact) mass is 496 g/mol. The van der Waals surface area contributed by atoms with Gasteiger partial charge in [0.05, 0.1) is 11.3 Å². The fourth-order valence-electron chi connectivity index (χ4n) is 5.23. The molecule has 3 aromatic rings. The van der Waals surface area contributed by atoms with E-state index >= 15 is 0 Å². The zero-order valence-corrected chi connectivity index (χ0v) is 20.2. The third-order valence-corrected chi connectivity index (χ3v) is 7.03. The number of aromatic nitrogens is 3. The van der Waals surface area contributed by atoms with E-state index in [-0.39, 0.29) is 29.4 Å². The highest BCUT2D eigenvalue weighted by molar-refractivity contribution is 6.16. The van der Waals surface area contributed by atoms with Gasteiger partial charge in [-0.1, -0.05) is 24.8 Å². The molecule has 0 bridgehead atoms. The lowest BCUT2D eigenvalue weighted by atomic mass is 10.0. The maximum Gasteiger partial charge on any atom is 0.274 e. The van der Waals surface area contributed by atoms with Crippen molar-refractivity contribution in [1.29, 1.82) is 5.41 Å². The maximum absolute atomic E-state index is 12.4. The largest absolute Gasteiger partial charge is 0.383 e. The number of hydrogen-bond acceptors (Lipinski definition) is 8. The van der Waals surface area contributed by atoms with Crippen LogP contribution in [-0.2, 0) is 4.79 Å². The number of amides is 2. The van der Waals surface area contributed by atoms with Crippen molar-refractivity contribution in [3.05, 3.63) is 84.5 Å². The molecule has 10 nitrogen and oxygen atoms in total.